The summed E-state index contributed by atoms with van der Waals surface area (Å²) >= 11 is 0. The van der Waals surface area contributed by atoms with E-state index in [1.807, 2.05) is 13.8 Å². The van der Waals surface area contributed by atoms with Gasteiger partial charge < -0.3 is 16.0 Å². The minimum Gasteiger partial charge on any atom is -0.326 e. The molecule has 5 nitrogen and oxygen atoms in total. The molecule has 0 aliphatic rings. The fourth-order valence-electron chi connectivity index (χ4n) is 1.31. The Hall–Kier alpha value is -1.88. The third-order valence-corrected chi connectivity index (χ3v) is 2.77. The van der Waals surface area contributed by atoms with Crippen molar-refractivity contribution in [1.29, 1.82) is 0 Å². The van der Waals surface area contributed by atoms with Gasteiger partial charge in [0, 0.05) is 17.3 Å². The van der Waals surface area contributed by atoms with Gasteiger partial charge in [-0.3, -0.25) is 9.59 Å². The fourth-order valence-corrected chi connectivity index (χ4v) is 1.31. The largest absolute Gasteiger partial charge is 0.326 e. The molecule has 0 bridgehead atoms. The summed E-state index contributed by atoms with van der Waals surface area (Å²) in [5.41, 5.74) is 1.42. The quantitative estimate of drug-likeness (QED) is 0.759. The van der Waals surface area contributed by atoms with Crippen molar-refractivity contribution < 1.29 is 9.59 Å². The van der Waals surface area contributed by atoms with Crippen LogP contribution >= 0.6 is 0 Å². The minimum absolute atomic E-state index is 0.0272. The highest BCUT2D eigenvalue weighted by atomic mass is 16.2. The summed E-state index contributed by atoms with van der Waals surface area (Å²) < 4.78 is 0. The maximum atomic E-state index is 11.7. The molecule has 0 heterocycles. The Morgan fingerprint density at radius 3 is 1.68 bits per heavy atom. The van der Waals surface area contributed by atoms with Crippen molar-refractivity contribution in [2.45, 2.75) is 26.8 Å². The van der Waals surface area contributed by atoms with Gasteiger partial charge in [-0.15, -0.1) is 0 Å². The Kier molecular flexibility index (Phi) is 5.51. The molecule has 1 atom stereocenters. The number of anilines is 2. The standard InChI is InChI=1S/C14H21N3O2/c1-9(2)13(18)16-11-5-7-12(8-6-11)17-14(19)10(3)15-4/h5-10,15H,1-4H3,(H,16,18)(H,17,19). The van der Waals surface area contributed by atoms with Crippen molar-refractivity contribution in [2.75, 3.05) is 17.7 Å². The Morgan fingerprint density at radius 2 is 1.32 bits per heavy atom. The van der Waals surface area contributed by atoms with E-state index >= 15 is 0 Å². The molecule has 0 aliphatic heterocycles. The summed E-state index contributed by atoms with van der Waals surface area (Å²) in [5.74, 6) is -0.182. The number of rotatable bonds is 5. The Morgan fingerprint density at radius 1 is 0.895 bits per heavy atom. The van der Waals surface area contributed by atoms with Gasteiger partial charge in [-0.25, -0.2) is 0 Å². The van der Waals surface area contributed by atoms with Crippen molar-refractivity contribution in [3.63, 3.8) is 0 Å². The lowest BCUT2D eigenvalue weighted by Crippen LogP contribution is -2.35. The summed E-state index contributed by atoms with van der Waals surface area (Å²) in [6.45, 7) is 5.46. The zero-order chi connectivity index (χ0) is 14.4. The number of likely N-dealkylation sites (N-methyl/N-ethyl adjacent to an activating group) is 1. The molecule has 19 heavy (non-hydrogen) atoms. The Bertz CT molecular complexity index is 441. The molecule has 1 aromatic rings. The van der Waals surface area contributed by atoms with Crippen LogP contribution in [-0.2, 0) is 9.59 Å². The molecular formula is C14H21N3O2. The first kappa shape index (κ1) is 15.2. The molecule has 0 saturated carbocycles. The van der Waals surface area contributed by atoms with Crippen molar-refractivity contribution in [3.8, 4) is 0 Å². The average Bonchev–Trinajstić information content (AvgIpc) is 2.39. The summed E-state index contributed by atoms with van der Waals surface area (Å²) in [7, 11) is 1.73. The van der Waals surface area contributed by atoms with Crippen molar-refractivity contribution in [3.05, 3.63) is 24.3 Å². The van der Waals surface area contributed by atoms with E-state index in [1.165, 1.54) is 0 Å². The first-order valence-electron chi connectivity index (χ1n) is 6.33. The van der Waals surface area contributed by atoms with Gasteiger partial charge in [0.05, 0.1) is 6.04 Å². The Labute approximate surface area is 113 Å². The second-order valence-electron chi connectivity index (χ2n) is 4.72. The van der Waals surface area contributed by atoms with Gasteiger partial charge in [0.2, 0.25) is 11.8 Å². The van der Waals surface area contributed by atoms with Crippen molar-refractivity contribution in [1.82, 2.24) is 5.32 Å². The number of benzene rings is 1. The van der Waals surface area contributed by atoms with E-state index in [2.05, 4.69) is 16.0 Å². The first-order valence-corrected chi connectivity index (χ1v) is 6.33. The number of amides is 2. The molecule has 1 aromatic carbocycles. The van der Waals surface area contributed by atoms with E-state index in [-0.39, 0.29) is 23.8 Å². The normalized spacial score (nSPS) is 12.1. The number of hydrogen-bond acceptors (Lipinski definition) is 3. The lowest BCUT2D eigenvalue weighted by Gasteiger charge is -2.12. The highest BCUT2D eigenvalue weighted by Crippen LogP contribution is 2.14. The van der Waals surface area contributed by atoms with Crippen molar-refractivity contribution >= 4 is 23.2 Å². The minimum atomic E-state index is -0.250. The predicted molar refractivity (Wildman–Crippen MR) is 77.1 cm³/mol. The molecule has 0 spiro atoms. The fraction of sp³-hybridized carbons (Fsp3) is 0.429. The van der Waals surface area contributed by atoms with Crippen LogP contribution in [-0.4, -0.2) is 24.9 Å². The molecule has 1 unspecified atom stereocenters. The SMILES string of the molecule is CNC(C)C(=O)Nc1ccc(NC(=O)C(C)C)cc1. The van der Waals surface area contributed by atoms with Gasteiger partial charge in [-0.1, -0.05) is 13.8 Å². The molecule has 104 valence electrons. The van der Waals surface area contributed by atoms with Crippen LogP contribution in [0, 0.1) is 5.92 Å². The van der Waals surface area contributed by atoms with Gasteiger partial charge in [0.15, 0.2) is 0 Å². The van der Waals surface area contributed by atoms with E-state index in [1.54, 1.807) is 38.2 Å². The van der Waals surface area contributed by atoms with E-state index in [4.69, 9.17) is 0 Å². The van der Waals surface area contributed by atoms with Crippen LogP contribution < -0.4 is 16.0 Å². The monoisotopic (exact) mass is 263 g/mol. The first-order chi connectivity index (χ1) is 8.93. The van der Waals surface area contributed by atoms with Crippen LogP contribution in [0.1, 0.15) is 20.8 Å². The van der Waals surface area contributed by atoms with Gasteiger partial charge in [-0.2, -0.15) is 0 Å². The van der Waals surface area contributed by atoms with Crippen LogP contribution in [0.5, 0.6) is 0 Å². The molecular weight excluding hydrogens is 242 g/mol. The maximum Gasteiger partial charge on any atom is 0.241 e. The third kappa shape index (κ3) is 4.71. The molecule has 5 heteroatoms. The second kappa shape index (κ2) is 6.89. The molecule has 0 radical (unpaired) electrons. The van der Waals surface area contributed by atoms with Gasteiger partial charge in [0.1, 0.15) is 0 Å². The predicted octanol–water partition coefficient (Wildman–Crippen LogP) is 1.83. The molecule has 0 aliphatic carbocycles. The summed E-state index contributed by atoms with van der Waals surface area (Å²) in [5, 5.41) is 8.44. The van der Waals surface area contributed by atoms with E-state index in [0.29, 0.717) is 5.69 Å². The molecule has 0 saturated heterocycles. The highest BCUT2D eigenvalue weighted by Gasteiger charge is 2.10. The smallest absolute Gasteiger partial charge is 0.241 e. The van der Waals surface area contributed by atoms with E-state index in [0.717, 1.165) is 5.69 Å². The number of carbonyl (C=O) groups is 2. The van der Waals surface area contributed by atoms with Crippen LogP contribution in [0.3, 0.4) is 0 Å². The summed E-state index contributed by atoms with van der Waals surface area (Å²) in [6, 6.07) is 6.80. The number of nitrogens with one attached hydrogen (secondary N) is 3. The van der Waals surface area contributed by atoms with Crippen molar-refractivity contribution in [2.24, 2.45) is 5.92 Å². The molecule has 3 N–H and O–H groups in total. The van der Waals surface area contributed by atoms with Crippen LogP contribution in [0.4, 0.5) is 11.4 Å². The zero-order valence-corrected chi connectivity index (χ0v) is 11.8. The van der Waals surface area contributed by atoms with Gasteiger partial charge in [-0.05, 0) is 38.2 Å². The Balaban J connectivity index is 2.62. The van der Waals surface area contributed by atoms with Gasteiger partial charge >= 0.3 is 0 Å². The third-order valence-electron chi connectivity index (χ3n) is 2.77. The molecule has 2 amide bonds. The average molecular weight is 263 g/mol. The lowest BCUT2D eigenvalue weighted by atomic mass is 10.2. The maximum absolute atomic E-state index is 11.7. The number of hydrogen-bond donors (Lipinski definition) is 3. The summed E-state index contributed by atoms with van der Waals surface area (Å²) in [6.07, 6.45) is 0. The summed E-state index contributed by atoms with van der Waals surface area (Å²) in [4.78, 5) is 23.2. The highest BCUT2D eigenvalue weighted by molar-refractivity contribution is 5.95. The second-order valence-corrected chi connectivity index (χ2v) is 4.72. The van der Waals surface area contributed by atoms with E-state index < -0.39 is 0 Å². The number of carbonyl (C=O) groups excluding carboxylic acids is 2. The zero-order valence-electron chi connectivity index (χ0n) is 11.8. The topological polar surface area (TPSA) is 70.2 Å². The lowest BCUT2D eigenvalue weighted by molar-refractivity contribution is -0.119. The molecule has 0 fully saturated rings. The van der Waals surface area contributed by atoms with Crippen LogP contribution in [0.15, 0.2) is 24.3 Å². The van der Waals surface area contributed by atoms with E-state index in [9.17, 15) is 9.59 Å². The van der Waals surface area contributed by atoms with Crippen LogP contribution in [0.2, 0.25) is 0 Å². The molecule has 1 rings (SSSR count). The molecule has 0 aromatic heterocycles. The van der Waals surface area contributed by atoms with Gasteiger partial charge in [0.25, 0.3) is 0 Å². The van der Waals surface area contributed by atoms with Crippen LogP contribution in [0.25, 0.3) is 0 Å².